The average Bonchev–Trinajstić information content (AvgIpc) is 2.67. The molecule has 0 saturated carbocycles. The Balaban J connectivity index is 1.90. The first-order valence-corrected chi connectivity index (χ1v) is 10.7. The Morgan fingerprint density at radius 3 is 2.59 bits per heavy atom. The van der Waals surface area contributed by atoms with E-state index in [2.05, 4.69) is 19.2 Å². The van der Waals surface area contributed by atoms with Crippen LogP contribution in [-0.2, 0) is 11.3 Å². The first-order valence-electron chi connectivity index (χ1n) is 9.80. The van der Waals surface area contributed by atoms with Gasteiger partial charge in [0.1, 0.15) is 0 Å². The minimum Gasteiger partial charge on any atom is -0.325 e. The van der Waals surface area contributed by atoms with Crippen molar-refractivity contribution in [1.29, 1.82) is 0 Å². The predicted octanol–water partition coefficient (Wildman–Crippen LogP) is 4.79. The highest BCUT2D eigenvalue weighted by molar-refractivity contribution is 8.00. The molecule has 0 bridgehead atoms. The number of fused-ring (bicyclic) bond motifs is 1. The van der Waals surface area contributed by atoms with Crippen molar-refractivity contribution in [2.24, 2.45) is 5.92 Å². The van der Waals surface area contributed by atoms with Crippen molar-refractivity contribution in [3.8, 4) is 0 Å². The largest absolute Gasteiger partial charge is 0.325 e. The molecule has 0 aliphatic rings. The molecule has 0 radical (unpaired) electrons. The summed E-state index contributed by atoms with van der Waals surface area (Å²) in [5, 5.41) is 3.78. The van der Waals surface area contributed by atoms with E-state index in [1.54, 1.807) is 10.6 Å². The molecule has 3 aromatic rings. The SMILES string of the molecule is Cc1ccc(C)c(NC(=O)[C@@H](C)Sc2nc3ccccc3c(=O)n2CC(C)C)c1. The predicted molar refractivity (Wildman–Crippen MR) is 121 cm³/mol. The summed E-state index contributed by atoms with van der Waals surface area (Å²) in [5.41, 5.74) is 3.51. The monoisotopic (exact) mass is 409 g/mol. The minimum atomic E-state index is -0.401. The molecular formula is C23H27N3O2S. The summed E-state index contributed by atoms with van der Waals surface area (Å²) in [7, 11) is 0. The van der Waals surface area contributed by atoms with Gasteiger partial charge in [-0.25, -0.2) is 4.98 Å². The van der Waals surface area contributed by atoms with Crippen LogP contribution in [0.4, 0.5) is 5.69 Å². The summed E-state index contributed by atoms with van der Waals surface area (Å²) < 4.78 is 1.69. The van der Waals surface area contributed by atoms with Crippen LogP contribution >= 0.6 is 11.8 Å². The molecule has 0 saturated heterocycles. The van der Waals surface area contributed by atoms with Crippen LogP contribution in [0.5, 0.6) is 0 Å². The number of aryl methyl sites for hydroxylation is 2. The van der Waals surface area contributed by atoms with Crippen LogP contribution in [-0.4, -0.2) is 20.7 Å². The summed E-state index contributed by atoms with van der Waals surface area (Å²) in [5.74, 6) is 0.177. The summed E-state index contributed by atoms with van der Waals surface area (Å²) in [6, 6.07) is 13.3. The van der Waals surface area contributed by atoms with E-state index in [-0.39, 0.29) is 17.4 Å². The number of hydrogen-bond donors (Lipinski definition) is 1. The number of hydrogen-bond acceptors (Lipinski definition) is 4. The third kappa shape index (κ3) is 4.88. The van der Waals surface area contributed by atoms with Gasteiger partial charge in [0, 0.05) is 12.2 Å². The molecule has 29 heavy (non-hydrogen) atoms. The molecule has 2 aromatic carbocycles. The van der Waals surface area contributed by atoms with Gasteiger partial charge in [0.05, 0.1) is 16.2 Å². The standard InChI is InChI=1S/C23H27N3O2S/c1-14(2)13-26-22(28)18-8-6-7-9-19(18)25-23(26)29-17(5)21(27)24-20-12-15(3)10-11-16(20)4/h6-12,14,17H,13H2,1-5H3,(H,24,27)/t17-/m1/s1. The molecule has 1 amide bonds. The lowest BCUT2D eigenvalue weighted by atomic mass is 10.1. The van der Waals surface area contributed by atoms with Gasteiger partial charge >= 0.3 is 0 Å². The van der Waals surface area contributed by atoms with Gasteiger partial charge in [0.25, 0.3) is 5.56 Å². The highest BCUT2D eigenvalue weighted by Gasteiger charge is 2.20. The molecule has 1 atom stereocenters. The Morgan fingerprint density at radius 1 is 1.14 bits per heavy atom. The number of nitrogens with one attached hydrogen (secondary N) is 1. The van der Waals surface area contributed by atoms with Gasteiger partial charge in [-0.15, -0.1) is 0 Å². The van der Waals surface area contributed by atoms with E-state index in [1.165, 1.54) is 11.8 Å². The fraction of sp³-hybridized carbons (Fsp3) is 0.348. The fourth-order valence-electron chi connectivity index (χ4n) is 3.08. The Labute approximate surface area is 175 Å². The number of thioether (sulfide) groups is 1. The van der Waals surface area contributed by atoms with Crippen molar-refractivity contribution < 1.29 is 4.79 Å². The molecule has 0 spiro atoms. The molecule has 0 aliphatic carbocycles. The second-order valence-electron chi connectivity index (χ2n) is 7.79. The first-order chi connectivity index (χ1) is 13.8. The Bertz CT molecular complexity index is 1100. The van der Waals surface area contributed by atoms with Crippen molar-refractivity contribution >= 4 is 34.3 Å². The van der Waals surface area contributed by atoms with Gasteiger partial charge < -0.3 is 5.32 Å². The third-order valence-corrected chi connectivity index (χ3v) is 5.77. The van der Waals surface area contributed by atoms with Crippen molar-refractivity contribution in [3.63, 3.8) is 0 Å². The average molecular weight is 410 g/mol. The lowest BCUT2D eigenvalue weighted by Crippen LogP contribution is -2.28. The lowest BCUT2D eigenvalue weighted by Gasteiger charge is -2.18. The fourth-order valence-corrected chi connectivity index (χ4v) is 4.00. The maximum absolute atomic E-state index is 13.0. The van der Waals surface area contributed by atoms with E-state index in [9.17, 15) is 9.59 Å². The quantitative estimate of drug-likeness (QED) is 0.470. The van der Waals surface area contributed by atoms with Crippen molar-refractivity contribution in [2.45, 2.75) is 51.6 Å². The topological polar surface area (TPSA) is 64.0 Å². The van der Waals surface area contributed by atoms with E-state index in [0.717, 1.165) is 16.8 Å². The molecule has 6 heteroatoms. The van der Waals surface area contributed by atoms with E-state index in [4.69, 9.17) is 4.98 Å². The number of carbonyl (C=O) groups is 1. The number of benzene rings is 2. The molecule has 1 heterocycles. The summed E-state index contributed by atoms with van der Waals surface area (Å²) in [6.07, 6.45) is 0. The molecule has 0 fully saturated rings. The molecule has 0 unspecified atom stereocenters. The summed E-state index contributed by atoms with van der Waals surface area (Å²) in [4.78, 5) is 30.5. The molecule has 3 rings (SSSR count). The third-order valence-electron chi connectivity index (χ3n) is 4.68. The van der Waals surface area contributed by atoms with E-state index < -0.39 is 5.25 Å². The maximum Gasteiger partial charge on any atom is 0.262 e. The van der Waals surface area contributed by atoms with Crippen LogP contribution in [0.15, 0.2) is 52.4 Å². The van der Waals surface area contributed by atoms with Gasteiger partial charge in [-0.2, -0.15) is 0 Å². The van der Waals surface area contributed by atoms with Crippen LogP contribution in [0.3, 0.4) is 0 Å². The summed E-state index contributed by atoms with van der Waals surface area (Å²) in [6.45, 7) is 10.5. The van der Waals surface area contributed by atoms with Gasteiger partial charge in [0.15, 0.2) is 5.16 Å². The van der Waals surface area contributed by atoms with Crippen LogP contribution in [0.1, 0.15) is 31.9 Å². The number of rotatable bonds is 6. The highest BCUT2D eigenvalue weighted by atomic mass is 32.2. The van der Waals surface area contributed by atoms with Crippen molar-refractivity contribution in [3.05, 3.63) is 63.9 Å². The lowest BCUT2D eigenvalue weighted by molar-refractivity contribution is -0.115. The molecule has 5 nitrogen and oxygen atoms in total. The molecule has 1 aromatic heterocycles. The van der Waals surface area contributed by atoms with Crippen LogP contribution in [0, 0.1) is 19.8 Å². The van der Waals surface area contributed by atoms with Gasteiger partial charge in [0.2, 0.25) is 5.91 Å². The zero-order valence-electron chi connectivity index (χ0n) is 17.5. The van der Waals surface area contributed by atoms with Crippen molar-refractivity contribution in [2.75, 3.05) is 5.32 Å². The van der Waals surface area contributed by atoms with Gasteiger partial charge in [-0.1, -0.05) is 49.9 Å². The first kappa shape index (κ1) is 21.1. The number of aromatic nitrogens is 2. The Kier molecular flexibility index (Phi) is 6.42. The normalized spacial score (nSPS) is 12.3. The van der Waals surface area contributed by atoms with Crippen molar-refractivity contribution in [1.82, 2.24) is 9.55 Å². The van der Waals surface area contributed by atoms with E-state index >= 15 is 0 Å². The Morgan fingerprint density at radius 2 is 1.86 bits per heavy atom. The van der Waals surface area contributed by atoms with Crippen LogP contribution < -0.4 is 10.9 Å². The molecular weight excluding hydrogens is 382 g/mol. The summed E-state index contributed by atoms with van der Waals surface area (Å²) >= 11 is 1.32. The minimum absolute atomic E-state index is 0.0612. The Hall–Kier alpha value is -2.60. The second kappa shape index (κ2) is 8.82. The number of nitrogens with zero attached hydrogens (tertiary/aromatic N) is 2. The van der Waals surface area contributed by atoms with E-state index in [1.807, 2.05) is 57.2 Å². The molecule has 152 valence electrons. The second-order valence-corrected chi connectivity index (χ2v) is 9.10. The zero-order valence-corrected chi connectivity index (χ0v) is 18.3. The number of amides is 1. The highest BCUT2D eigenvalue weighted by Crippen LogP contribution is 2.25. The maximum atomic E-state index is 13.0. The zero-order chi connectivity index (χ0) is 21.1. The van der Waals surface area contributed by atoms with Gasteiger partial charge in [-0.3, -0.25) is 14.2 Å². The molecule has 0 aliphatic heterocycles. The molecule has 1 N–H and O–H groups in total. The van der Waals surface area contributed by atoms with E-state index in [0.29, 0.717) is 22.6 Å². The van der Waals surface area contributed by atoms with Crippen LogP contribution in [0.2, 0.25) is 0 Å². The number of anilines is 1. The van der Waals surface area contributed by atoms with Gasteiger partial charge in [-0.05, 0) is 56.0 Å². The number of para-hydroxylation sites is 1. The smallest absolute Gasteiger partial charge is 0.262 e. The van der Waals surface area contributed by atoms with Crippen LogP contribution in [0.25, 0.3) is 10.9 Å². The number of carbonyl (C=O) groups excluding carboxylic acids is 1.